The van der Waals surface area contributed by atoms with E-state index in [-0.39, 0.29) is 69.5 Å². The zero-order valence-corrected chi connectivity index (χ0v) is 58.7. The summed E-state index contributed by atoms with van der Waals surface area (Å²) >= 11 is 0. The molecule has 17 N–H and O–H groups in total. The molecule has 0 saturated carbocycles. The van der Waals surface area contributed by atoms with Crippen molar-refractivity contribution in [2.75, 3.05) is 39.3 Å². The Morgan fingerprint density at radius 3 is 1.59 bits per heavy atom. The number of aromatic amines is 2. The van der Waals surface area contributed by atoms with Gasteiger partial charge in [0.2, 0.25) is 53.8 Å². The monoisotopic (exact) mass is 1380 g/mol. The maximum absolute atomic E-state index is 14.8. The van der Waals surface area contributed by atoms with Crippen LogP contribution in [0.4, 0.5) is 0 Å². The minimum atomic E-state index is -1.53. The van der Waals surface area contributed by atoms with E-state index in [0.717, 1.165) is 60.0 Å². The van der Waals surface area contributed by atoms with Crippen molar-refractivity contribution in [1.82, 2.24) is 67.9 Å². The second kappa shape index (κ2) is 48.3. The number of para-hydroxylation sites is 1. The number of nitrogens with one attached hydrogen (secondary N) is 11. The van der Waals surface area contributed by atoms with Crippen LogP contribution in [0.5, 0.6) is 0 Å². The molecule has 27 nitrogen and oxygen atoms in total. The van der Waals surface area contributed by atoms with Crippen LogP contribution in [0.1, 0.15) is 210 Å². The fourth-order valence-electron chi connectivity index (χ4n) is 11.8. The summed E-state index contributed by atoms with van der Waals surface area (Å²) in [6.07, 6.45) is 29.2. The molecule has 2 aromatic carbocycles. The number of carbonyl (C=O) groups is 9. The molecular formula is C72H115N17O10. The van der Waals surface area contributed by atoms with Crippen molar-refractivity contribution in [2.45, 2.75) is 250 Å². The Morgan fingerprint density at radius 2 is 1.03 bits per heavy atom. The van der Waals surface area contributed by atoms with E-state index in [1.165, 1.54) is 115 Å². The van der Waals surface area contributed by atoms with Gasteiger partial charge in [0.25, 0.3) is 11.8 Å². The van der Waals surface area contributed by atoms with Crippen molar-refractivity contribution in [3.05, 3.63) is 90.1 Å². The molecule has 4 aromatic rings. The number of H-pyrrole nitrogens is 2. The maximum Gasteiger partial charge on any atom is 0.265 e. The smallest absolute Gasteiger partial charge is 0.265 e. The van der Waals surface area contributed by atoms with E-state index < -0.39 is 84.5 Å². The van der Waals surface area contributed by atoms with Gasteiger partial charge in [0.15, 0.2) is 5.96 Å². The normalized spacial score (nSPS) is 14.8. The Bertz CT molecular complexity index is 3050. The number of guanidine groups is 1. The van der Waals surface area contributed by atoms with Gasteiger partial charge in [-0.15, -0.1) is 0 Å². The van der Waals surface area contributed by atoms with E-state index >= 15 is 0 Å². The highest BCUT2D eigenvalue weighted by atomic mass is 16.6. The number of imidazole rings is 1. The molecule has 6 atom stereocenters. The van der Waals surface area contributed by atoms with Gasteiger partial charge in [-0.2, -0.15) is 5.01 Å². The molecule has 3 heterocycles. The fraction of sp³-hybridized carbons (Fsp3) is 0.625. The highest BCUT2D eigenvalue weighted by Crippen LogP contribution is 2.21. The summed E-state index contributed by atoms with van der Waals surface area (Å²) in [5.41, 5.74) is 22.5. The first-order valence-electron chi connectivity index (χ1n) is 36.4. The van der Waals surface area contributed by atoms with Gasteiger partial charge < -0.3 is 74.4 Å². The van der Waals surface area contributed by atoms with E-state index in [0.29, 0.717) is 50.0 Å². The first kappa shape index (κ1) is 81.2. The molecule has 1 saturated heterocycles. The molecule has 5 rings (SSSR count). The lowest BCUT2D eigenvalue weighted by atomic mass is 10.0. The molecule has 99 heavy (non-hydrogen) atoms. The number of carbonyl (C=O) groups excluding carboxylic acids is 9. The molecule has 0 aliphatic carbocycles. The van der Waals surface area contributed by atoms with Gasteiger partial charge in [0.1, 0.15) is 24.2 Å². The van der Waals surface area contributed by atoms with Crippen LogP contribution in [0.3, 0.4) is 0 Å². The largest absolute Gasteiger partial charge is 0.370 e. The maximum atomic E-state index is 14.8. The van der Waals surface area contributed by atoms with E-state index in [9.17, 15) is 43.2 Å². The molecule has 1 fully saturated rings. The van der Waals surface area contributed by atoms with Gasteiger partial charge in [-0.3, -0.25) is 48.1 Å². The SMILES string of the molecule is CCCCCCCCCCCCCC(=O)NCCCNC(=O)C1NN(CC(=O)N[C@@H](Cc2cnc[nH]2)C(=O)N[C@H](Cc2ccccc2)C(=O)N[C@@H](CCCN=C(N)N)C(=O)N[C@@H](Cc2c[nH]c3ccccc23)C(N)=O)C(C(=O)NCCCNC(=O)CCCCCCCCCCCCC)O1. The number of amides is 9. The molecule has 2 unspecified atom stereocenters. The standard InChI is InChI=1S/C72H115N17O10/c1-3-5-7-9-11-13-15-17-19-21-26-38-61(90)77-41-31-43-79-68(97)70-88-89(71(99-70)69(98)80-44-32-42-78-62(91)39-27-22-20-18-16-14-12-10-8-6-4-2)50-63(92)84-60(47-54-49-76-51-83-54)67(96)87-59(45-52-33-24-23-25-34-52)66(95)85-57(37-30-40-81-72(74)75)65(94)86-58(64(73)93)46-53-48-82-56-36-29-28-35-55(53)56/h23-25,28-29,33-36,48-49,51,57-60,70-71,82,88H,3-22,26-27,30-32,37-47,50H2,1-2H3,(H2,73,93)(H,76,83)(H,77,90)(H,78,91)(H,79,97)(H,80,98)(H,84,92)(H,85,95)(H,86,94)(H,87,96)(H4,74,75,81)/t57-,58-,59+,60-,70?,71?/m0/s1. The van der Waals surface area contributed by atoms with Crippen molar-refractivity contribution in [2.24, 2.45) is 22.2 Å². The molecule has 9 amide bonds. The predicted molar refractivity (Wildman–Crippen MR) is 383 cm³/mol. The minimum Gasteiger partial charge on any atom is -0.370 e. The van der Waals surface area contributed by atoms with Crippen molar-refractivity contribution >= 4 is 70.0 Å². The second-order valence-corrected chi connectivity index (χ2v) is 25.9. The summed E-state index contributed by atoms with van der Waals surface area (Å²) in [5, 5.41) is 24.4. The zero-order valence-electron chi connectivity index (χ0n) is 58.7. The molecule has 0 radical (unpaired) electrons. The lowest BCUT2D eigenvalue weighted by Gasteiger charge is -2.27. The van der Waals surface area contributed by atoms with E-state index in [1.54, 1.807) is 36.5 Å². The summed E-state index contributed by atoms with van der Waals surface area (Å²) < 4.78 is 6.00. The summed E-state index contributed by atoms with van der Waals surface area (Å²) in [6, 6.07) is 11.0. The Balaban J connectivity index is 1.23. The average Bonchev–Trinajstić information content (AvgIpc) is 1.74. The first-order chi connectivity index (χ1) is 48.0. The number of hydrazine groups is 1. The fourth-order valence-corrected chi connectivity index (χ4v) is 11.8. The Morgan fingerprint density at radius 1 is 0.525 bits per heavy atom. The van der Waals surface area contributed by atoms with Gasteiger partial charge in [0.05, 0.1) is 12.9 Å². The van der Waals surface area contributed by atoms with Gasteiger partial charge in [-0.05, 0) is 55.7 Å². The molecule has 1 aliphatic heterocycles. The number of ether oxygens (including phenoxy) is 1. The lowest BCUT2D eigenvalue weighted by Crippen LogP contribution is -2.59. The van der Waals surface area contributed by atoms with E-state index in [2.05, 4.69) is 81.8 Å². The van der Waals surface area contributed by atoms with Crippen LogP contribution in [0.25, 0.3) is 10.9 Å². The van der Waals surface area contributed by atoms with Crippen molar-refractivity contribution in [3.8, 4) is 0 Å². The number of rotatable bonds is 54. The number of fused-ring (bicyclic) bond motifs is 1. The predicted octanol–water partition coefficient (Wildman–Crippen LogP) is 5.53. The third-order valence-corrected chi connectivity index (χ3v) is 17.5. The highest BCUT2D eigenvalue weighted by molar-refractivity contribution is 5.96. The minimum absolute atomic E-state index is 0.00975. The van der Waals surface area contributed by atoms with Crippen LogP contribution in [0, 0.1) is 0 Å². The Kier molecular flexibility index (Phi) is 39.7. The number of unbranched alkanes of at least 4 members (excludes halogenated alkanes) is 20. The van der Waals surface area contributed by atoms with Crippen LogP contribution in [0.2, 0.25) is 0 Å². The third-order valence-electron chi connectivity index (χ3n) is 17.5. The van der Waals surface area contributed by atoms with Crippen LogP contribution >= 0.6 is 0 Å². The summed E-state index contributed by atoms with van der Waals surface area (Å²) in [7, 11) is 0. The summed E-state index contributed by atoms with van der Waals surface area (Å²) in [6.45, 7) is 4.80. The van der Waals surface area contributed by atoms with Crippen LogP contribution in [-0.4, -0.2) is 155 Å². The topological polar surface area (TPSA) is 409 Å². The van der Waals surface area contributed by atoms with E-state index in [4.69, 9.17) is 21.9 Å². The molecule has 548 valence electrons. The van der Waals surface area contributed by atoms with Gasteiger partial charge >= 0.3 is 0 Å². The molecular weight excluding hydrogens is 1260 g/mol. The number of hydrogen-bond acceptors (Lipinski definition) is 14. The highest BCUT2D eigenvalue weighted by Gasteiger charge is 2.42. The molecule has 1 aliphatic rings. The number of hydrogen-bond donors (Lipinski definition) is 14. The number of nitrogens with two attached hydrogens (primary N) is 3. The van der Waals surface area contributed by atoms with Crippen molar-refractivity contribution in [3.63, 3.8) is 0 Å². The van der Waals surface area contributed by atoms with Crippen molar-refractivity contribution in [1.29, 1.82) is 0 Å². The molecule has 0 bridgehead atoms. The Labute approximate surface area is 584 Å². The quantitative estimate of drug-likeness (QED) is 0.0147. The van der Waals surface area contributed by atoms with Gasteiger partial charge in [0, 0.05) is 93.8 Å². The lowest BCUT2D eigenvalue weighted by molar-refractivity contribution is -0.144. The number of benzene rings is 2. The zero-order chi connectivity index (χ0) is 71.2. The summed E-state index contributed by atoms with van der Waals surface area (Å²) in [5.74, 6) is -5.60. The van der Waals surface area contributed by atoms with Crippen LogP contribution < -0.4 is 65.2 Å². The Hall–Kier alpha value is -8.43. The summed E-state index contributed by atoms with van der Waals surface area (Å²) in [4.78, 5) is 138. The van der Waals surface area contributed by atoms with Crippen LogP contribution in [0.15, 0.2) is 78.3 Å². The van der Waals surface area contributed by atoms with Crippen molar-refractivity contribution < 1.29 is 47.9 Å². The number of nitrogens with zero attached hydrogens (tertiary/aromatic N) is 3. The number of aliphatic imine (C=N–C) groups is 1. The average molecular weight is 1380 g/mol. The molecule has 2 aromatic heterocycles. The second-order valence-electron chi connectivity index (χ2n) is 25.9. The molecule has 0 spiro atoms. The van der Waals surface area contributed by atoms with Gasteiger partial charge in [-0.25, -0.2) is 10.4 Å². The van der Waals surface area contributed by atoms with Crippen LogP contribution in [-0.2, 0) is 67.2 Å². The third kappa shape index (κ3) is 33.3. The molecule has 27 heteroatoms. The van der Waals surface area contributed by atoms with Gasteiger partial charge in [-0.1, -0.05) is 191 Å². The number of primary amides is 1. The number of aromatic nitrogens is 3. The van der Waals surface area contributed by atoms with E-state index in [1.807, 2.05) is 24.3 Å². The first-order valence-corrected chi connectivity index (χ1v) is 36.4.